The van der Waals surface area contributed by atoms with Gasteiger partial charge in [-0.05, 0) is 44.1 Å². The van der Waals surface area contributed by atoms with Gasteiger partial charge in [0.05, 0.1) is 6.54 Å². The van der Waals surface area contributed by atoms with Crippen LogP contribution in [0.15, 0.2) is 0 Å². The Labute approximate surface area is 133 Å². The van der Waals surface area contributed by atoms with Gasteiger partial charge < -0.3 is 15.5 Å². The molecule has 0 aromatic rings. The molecule has 3 rings (SSSR count). The van der Waals surface area contributed by atoms with Crippen molar-refractivity contribution in [3.05, 3.63) is 0 Å². The smallest absolute Gasteiger partial charge is 0.241 e. The van der Waals surface area contributed by atoms with Crippen molar-refractivity contribution in [2.24, 2.45) is 11.3 Å². The molecule has 124 valence electrons. The number of carbonyl (C=O) groups is 2. The summed E-state index contributed by atoms with van der Waals surface area (Å²) in [5, 5.41) is 6.31. The fourth-order valence-corrected chi connectivity index (χ4v) is 4.24. The molecule has 0 unspecified atom stereocenters. The van der Waals surface area contributed by atoms with E-state index in [2.05, 4.69) is 10.6 Å². The number of nitrogens with zero attached hydrogens (tertiary/aromatic N) is 1. The van der Waals surface area contributed by atoms with Gasteiger partial charge in [0, 0.05) is 25.6 Å². The summed E-state index contributed by atoms with van der Waals surface area (Å²) in [6.45, 7) is 4.10. The quantitative estimate of drug-likeness (QED) is 0.826. The predicted octanol–water partition coefficient (Wildman–Crippen LogP) is 1.28. The highest BCUT2D eigenvalue weighted by atomic mass is 16.2. The number of hydrogen-bond donors (Lipinski definition) is 2. The van der Waals surface area contributed by atoms with Crippen molar-refractivity contribution >= 4 is 11.8 Å². The molecule has 2 amide bonds. The maximum Gasteiger partial charge on any atom is 0.241 e. The Morgan fingerprint density at radius 1 is 1.09 bits per heavy atom. The van der Waals surface area contributed by atoms with Crippen LogP contribution in [0, 0.1) is 11.3 Å². The van der Waals surface area contributed by atoms with E-state index in [1.165, 1.54) is 12.8 Å². The van der Waals surface area contributed by atoms with Gasteiger partial charge in [0.1, 0.15) is 0 Å². The number of nitrogens with one attached hydrogen (secondary N) is 2. The normalized spacial score (nSPS) is 25.4. The van der Waals surface area contributed by atoms with Gasteiger partial charge in [0.2, 0.25) is 11.8 Å². The lowest BCUT2D eigenvalue weighted by molar-refractivity contribution is -0.135. The second kappa shape index (κ2) is 6.99. The zero-order chi connectivity index (χ0) is 15.4. The summed E-state index contributed by atoms with van der Waals surface area (Å²) in [7, 11) is 0. The molecule has 2 saturated heterocycles. The summed E-state index contributed by atoms with van der Waals surface area (Å²) in [5.41, 5.74) is 0.433. The predicted molar refractivity (Wildman–Crippen MR) is 85.3 cm³/mol. The fraction of sp³-hybridized carbons (Fsp3) is 0.882. The summed E-state index contributed by atoms with van der Waals surface area (Å²) in [6, 6.07) is 0. The highest BCUT2D eigenvalue weighted by Gasteiger charge is 2.38. The Bertz CT molecular complexity index is 402. The molecule has 3 fully saturated rings. The largest absolute Gasteiger partial charge is 0.347 e. The molecule has 1 spiro atoms. The average molecular weight is 307 g/mol. The zero-order valence-corrected chi connectivity index (χ0v) is 13.5. The molecule has 0 bridgehead atoms. The molecule has 1 aliphatic carbocycles. The van der Waals surface area contributed by atoms with E-state index in [1.54, 1.807) is 0 Å². The first kappa shape index (κ1) is 15.8. The molecule has 1 saturated carbocycles. The number of hydrogen-bond acceptors (Lipinski definition) is 3. The Morgan fingerprint density at radius 2 is 1.82 bits per heavy atom. The van der Waals surface area contributed by atoms with Gasteiger partial charge in [0.25, 0.3) is 0 Å². The average Bonchev–Trinajstić information content (AvgIpc) is 3.02. The number of amides is 2. The summed E-state index contributed by atoms with van der Waals surface area (Å²) >= 11 is 0. The minimum absolute atomic E-state index is 0.0847. The molecular weight excluding hydrogens is 278 g/mol. The van der Waals surface area contributed by atoms with Crippen molar-refractivity contribution in [2.45, 2.75) is 51.4 Å². The van der Waals surface area contributed by atoms with Gasteiger partial charge in [-0.3, -0.25) is 9.59 Å². The van der Waals surface area contributed by atoms with E-state index in [1.807, 2.05) is 4.90 Å². The van der Waals surface area contributed by atoms with Gasteiger partial charge in [0.15, 0.2) is 0 Å². The third kappa shape index (κ3) is 3.62. The van der Waals surface area contributed by atoms with Crippen LogP contribution in [-0.2, 0) is 9.59 Å². The maximum absolute atomic E-state index is 12.3. The van der Waals surface area contributed by atoms with E-state index in [9.17, 15) is 9.59 Å². The third-order valence-corrected chi connectivity index (χ3v) is 5.90. The lowest BCUT2D eigenvalue weighted by atomic mass is 9.78. The molecule has 0 aromatic heterocycles. The van der Waals surface area contributed by atoms with Crippen LogP contribution in [-0.4, -0.2) is 49.4 Å². The molecule has 2 N–H and O–H groups in total. The molecule has 2 heterocycles. The van der Waals surface area contributed by atoms with Crippen molar-refractivity contribution in [3.8, 4) is 0 Å². The summed E-state index contributed by atoms with van der Waals surface area (Å²) in [6.07, 6.45) is 8.95. The molecule has 5 nitrogen and oxygen atoms in total. The lowest BCUT2D eigenvalue weighted by Crippen LogP contribution is -2.48. The van der Waals surface area contributed by atoms with Crippen molar-refractivity contribution < 1.29 is 9.59 Å². The monoisotopic (exact) mass is 307 g/mol. The lowest BCUT2D eigenvalue weighted by Gasteiger charge is -2.39. The first-order chi connectivity index (χ1) is 10.7. The number of carbonyl (C=O) groups excluding carboxylic acids is 2. The highest BCUT2D eigenvalue weighted by Crippen LogP contribution is 2.36. The molecule has 22 heavy (non-hydrogen) atoms. The molecule has 0 atom stereocenters. The minimum Gasteiger partial charge on any atom is -0.347 e. The van der Waals surface area contributed by atoms with Crippen LogP contribution in [0.2, 0.25) is 0 Å². The number of piperidine rings is 1. The molecular formula is C17H29N3O2. The van der Waals surface area contributed by atoms with Crippen molar-refractivity contribution in [3.63, 3.8) is 0 Å². The maximum atomic E-state index is 12.3. The van der Waals surface area contributed by atoms with Crippen molar-refractivity contribution in [1.82, 2.24) is 15.5 Å². The molecule has 0 aromatic carbocycles. The van der Waals surface area contributed by atoms with Crippen molar-refractivity contribution in [1.29, 1.82) is 0 Å². The van der Waals surface area contributed by atoms with Crippen molar-refractivity contribution in [2.75, 3.05) is 32.7 Å². The Balaban J connectivity index is 1.40. The van der Waals surface area contributed by atoms with Crippen LogP contribution in [0.1, 0.15) is 51.4 Å². The molecule has 0 radical (unpaired) electrons. The Hall–Kier alpha value is -1.10. The van der Waals surface area contributed by atoms with Gasteiger partial charge in [-0.1, -0.05) is 19.3 Å². The van der Waals surface area contributed by atoms with Crippen LogP contribution in [0.4, 0.5) is 0 Å². The second-order valence-corrected chi connectivity index (χ2v) is 7.36. The Kier molecular flexibility index (Phi) is 5.01. The number of rotatable bonds is 3. The van der Waals surface area contributed by atoms with Gasteiger partial charge >= 0.3 is 0 Å². The number of likely N-dealkylation sites (tertiary alicyclic amines) is 1. The molecule has 5 heteroatoms. The van der Waals surface area contributed by atoms with Crippen LogP contribution in [0.3, 0.4) is 0 Å². The molecule has 3 aliphatic rings. The van der Waals surface area contributed by atoms with Gasteiger partial charge in [-0.25, -0.2) is 0 Å². The van der Waals surface area contributed by atoms with Crippen LogP contribution in [0.25, 0.3) is 0 Å². The van der Waals surface area contributed by atoms with E-state index < -0.39 is 0 Å². The van der Waals surface area contributed by atoms with E-state index in [0.29, 0.717) is 5.41 Å². The zero-order valence-electron chi connectivity index (χ0n) is 13.5. The second-order valence-electron chi connectivity index (χ2n) is 7.36. The van der Waals surface area contributed by atoms with Crippen LogP contribution >= 0.6 is 0 Å². The minimum atomic E-state index is 0.0847. The molecule has 2 aliphatic heterocycles. The fourth-order valence-electron chi connectivity index (χ4n) is 4.24. The van der Waals surface area contributed by atoms with Gasteiger partial charge in [-0.15, -0.1) is 0 Å². The van der Waals surface area contributed by atoms with Crippen LogP contribution in [0.5, 0.6) is 0 Å². The Morgan fingerprint density at radius 3 is 2.45 bits per heavy atom. The third-order valence-electron chi connectivity index (χ3n) is 5.90. The van der Waals surface area contributed by atoms with E-state index >= 15 is 0 Å². The SMILES string of the molecule is O=C(NCC(=O)N1CCC2(CCNC2)CC1)C1CCCCC1. The summed E-state index contributed by atoms with van der Waals surface area (Å²) in [5.74, 6) is 0.308. The highest BCUT2D eigenvalue weighted by molar-refractivity contribution is 5.85. The van der Waals surface area contributed by atoms with E-state index in [-0.39, 0.29) is 24.3 Å². The first-order valence-corrected chi connectivity index (χ1v) is 8.95. The topological polar surface area (TPSA) is 61.4 Å². The summed E-state index contributed by atoms with van der Waals surface area (Å²) in [4.78, 5) is 26.3. The van der Waals surface area contributed by atoms with E-state index in [4.69, 9.17) is 0 Å². The van der Waals surface area contributed by atoms with E-state index in [0.717, 1.165) is 64.7 Å². The summed E-state index contributed by atoms with van der Waals surface area (Å²) < 4.78 is 0. The first-order valence-electron chi connectivity index (χ1n) is 8.95. The standard InChI is InChI=1S/C17H29N3O2/c21-15(12-19-16(22)14-4-2-1-3-5-14)20-10-7-17(8-11-20)6-9-18-13-17/h14,18H,1-13H2,(H,19,22). The van der Waals surface area contributed by atoms with Crippen LogP contribution < -0.4 is 10.6 Å². The van der Waals surface area contributed by atoms with Gasteiger partial charge in [-0.2, -0.15) is 0 Å².